The predicted molar refractivity (Wildman–Crippen MR) is 121 cm³/mol. The largest absolute Gasteiger partial charge is 0.325 e. The molecule has 0 saturated heterocycles. The Balaban J connectivity index is 1.54. The number of carbonyl (C=O) groups is 1. The van der Waals surface area contributed by atoms with E-state index in [-0.39, 0.29) is 11.7 Å². The Morgan fingerprint density at radius 3 is 2.69 bits per heavy atom. The number of anilines is 1. The summed E-state index contributed by atoms with van der Waals surface area (Å²) in [7, 11) is 0. The third-order valence-electron chi connectivity index (χ3n) is 4.24. The fraction of sp³-hybridized carbons (Fsp3) is 0.143. The Kier molecular flexibility index (Phi) is 5.80. The number of halogens is 1. The standard InChI is InChI=1S/C21H17ClN4OS2/c1-12-8-9-15(10-16(12)22)24-17(27)11-28-21-19-20(29-13(2)23-19)18(25-26-21)14-6-4-3-5-7-14/h3-10H,11H2,1-2H3,(H,24,27). The molecular formula is C21H17ClN4OS2. The summed E-state index contributed by atoms with van der Waals surface area (Å²) in [4.78, 5) is 17.0. The molecule has 0 radical (unpaired) electrons. The molecule has 0 spiro atoms. The Morgan fingerprint density at radius 1 is 1.14 bits per heavy atom. The van der Waals surface area contributed by atoms with Gasteiger partial charge < -0.3 is 5.32 Å². The second kappa shape index (κ2) is 8.49. The van der Waals surface area contributed by atoms with Gasteiger partial charge in [-0.3, -0.25) is 4.79 Å². The number of hydrogen-bond acceptors (Lipinski definition) is 6. The van der Waals surface area contributed by atoms with Gasteiger partial charge in [0.1, 0.15) is 16.2 Å². The van der Waals surface area contributed by atoms with Crippen molar-refractivity contribution in [3.8, 4) is 11.3 Å². The maximum atomic E-state index is 12.4. The molecule has 0 saturated carbocycles. The van der Waals surface area contributed by atoms with Gasteiger partial charge >= 0.3 is 0 Å². The van der Waals surface area contributed by atoms with Crippen LogP contribution in [0.25, 0.3) is 21.5 Å². The second-order valence-electron chi connectivity index (χ2n) is 6.43. The molecule has 0 unspecified atom stereocenters. The third-order valence-corrected chi connectivity index (χ3v) is 6.58. The van der Waals surface area contributed by atoms with Crippen molar-refractivity contribution in [2.45, 2.75) is 18.9 Å². The molecule has 0 atom stereocenters. The van der Waals surface area contributed by atoms with Crippen molar-refractivity contribution < 1.29 is 4.79 Å². The van der Waals surface area contributed by atoms with Crippen LogP contribution in [0.5, 0.6) is 0 Å². The molecule has 0 aliphatic heterocycles. The summed E-state index contributed by atoms with van der Waals surface area (Å²) < 4.78 is 0.983. The molecule has 146 valence electrons. The van der Waals surface area contributed by atoms with Crippen LogP contribution in [0.1, 0.15) is 10.6 Å². The predicted octanol–water partition coefficient (Wildman–Crippen LogP) is 5.75. The molecule has 4 rings (SSSR count). The highest BCUT2D eigenvalue weighted by atomic mass is 35.5. The summed E-state index contributed by atoms with van der Waals surface area (Å²) >= 11 is 9.03. The van der Waals surface area contributed by atoms with Gasteiger partial charge in [0.2, 0.25) is 5.91 Å². The summed E-state index contributed by atoms with van der Waals surface area (Å²) in [6.07, 6.45) is 0. The summed E-state index contributed by atoms with van der Waals surface area (Å²) in [5.41, 5.74) is 4.24. The number of aromatic nitrogens is 3. The average molecular weight is 441 g/mol. The van der Waals surface area contributed by atoms with Gasteiger partial charge in [-0.15, -0.1) is 21.5 Å². The quantitative estimate of drug-likeness (QED) is 0.400. The average Bonchev–Trinajstić information content (AvgIpc) is 3.11. The van der Waals surface area contributed by atoms with Crippen LogP contribution >= 0.6 is 34.7 Å². The minimum atomic E-state index is -0.135. The lowest BCUT2D eigenvalue weighted by Crippen LogP contribution is -2.14. The van der Waals surface area contributed by atoms with Crippen LogP contribution in [0, 0.1) is 13.8 Å². The van der Waals surface area contributed by atoms with E-state index in [0.717, 1.165) is 32.0 Å². The zero-order chi connectivity index (χ0) is 20.4. The van der Waals surface area contributed by atoms with Crippen LogP contribution in [0.2, 0.25) is 5.02 Å². The molecule has 0 aliphatic carbocycles. The number of nitrogens with one attached hydrogen (secondary N) is 1. The first kappa shape index (κ1) is 19.8. The number of thioether (sulfide) groups is 1. The van der Waals surface area contributed by atoms with Gasteiger partial charge in [0.15, 0.2) is 0 Å². The van der Waals surface area contributed by atoms with Gasteiger partial charge in [0.05, 0.1) is 15.5 Å². The highest BCUT2D eigenvalue weighted by Gasteiger charge is 2.17. The van der Waals surface area contributed by atoms with Gasteiger partial charge in [0, 0.05) is 16.3 Å². The monoisotopic (exact) mass is 440 g/mol. The number of thiazole rings is 1. The van der Waals surface area contributed by atoms with Crippen LogP contribution in [-0.2, 0) is 4.79 Å². The van der Waals surface area contributed by atoms with E-state index < -0.39 is 0 Å². The van der Waals surface area contributed by atoms with Crippen molar-refractivity contribution in [1.29, 1.82) is 0 Å². The van der Waals surface area contributed by atoms with E-state index >= 15 is 0 Å². The van der Waals surface area contributed by atoms with E-state index in [1.165, 1.54) is 11.8 Å². The van der Waals surface area contributed by atoms with Crippen LogP contribution in [-0.4, -0.2) is 26.8 Å². The van der Waals surface area contributed by atoms with E-state index in [1.807, 2.05) is 56.3 Å². The van der Waals surface area contributed by atoms with Gasteiger partial charge in [0.25, 0.3) is 0 Å². The first-order valence-electron chi connectivity index (χ1n) is 8.89. The molecule has 2 heterocycles. The normalized spacial score (nSPS) is 11.0. The molecule has 2 aromatic heterocycles. The number of rotatable bonds is 5. The zero-order valence-electron chi connectivity index (χ0n) is 15.8. The topological polar surface area (TPSA) is 67.8 Å². The second-order valence-corrected chi connectivity index (χ2v) is 9.01. The minimum Gasteiger partial charge on any atom is -0.325 e. The summed E-state index contributed by atoms with van der Waals surface area (Å²) in [6, 6.07) is 15.4. The maximum Gasteiger partial charge on any atom is 0.234 e. The van der Waals surface area contributed by atoms with Crippen molar-refractivity contribution in [2.75, 3.05) is 11.1 Å². The number of carbonyl (C=O) groups excluding carboxylic acids is 1. The Bertz CT molecular complexity index is 1190. The number of hydrogen-bond donors (Lipinski definition) is 1. The van der Waals surface area contributed by atoms with Gasteiger partial charge in [-0.1, -0.05) is 59.8 Å². The third kappa shape index (κ3) is 4.42. The smallest absolute Gasteiger partial charge is 0.234 e. The molecule has 0 bridgehead atoms. The number of fused-ring (bicyclic) bond motifs is 1. The number of benzene rings is 2. The van der Waals surface area contributed by atoms with E-state index in [1.54, 1.807) is 17.4 Å². The first-order chi connectivity index (χ1) is 14.0. The molecule has 4 aromatic rings. The van der Waals surface area contributed by atoms with Crippen LogP contribution in [0.4, 0.5) is 5.69 Å². The van der Waals surface area contributed by atoms with E-state index in [9.17, 15) is 4.79 Å². The zero-order valence-corrected chi connectivity index (χ0v) is 18.2. The van der Waals surface area contributed by atoms with Crippen LogP contribution < -0.4 is 5.32 Å². The maximum absolute atomic E-state index is 12.4. The van der Waals surface area contributed by atoms with E-state index in [4.69, 9.17) is 11.6 Å². The van der Waals surface area contributed by atoms with Crippen molar-refractivity contribution in [3.63, 3.8) is 0 Å². The molecule has 1 amide bonds. The lowest BCUT2D eigenvalue weighted by molar-refractivity contribution is -0.113. The van der Waals surface area contributed by atoms with Crippen molar-refractivity contribution in [1.82, 2.24) is 15.2 Å². The molecular weight excluding hydrogens is 424 g/mol. The number of amides is 1. The molecule has 8 heteroatoms. The molecule has 0 fully saturated rings. The number of aryl methyl sites for hydroxylation is 2. The number of nitrogens with zero attached hydrogens (tertiary/aromatic N) is 3. The van der Waals surface area contributed by atoms with Crippen molar-refractivity contribution >= 4 is 56.5 Å². The van der Waals surface area contributed by atoms with Gasteiger partial charge in [-0.25, -0.2) is 4.98 Å². The molecule has 29 heavy (non-hydrogen) atoms. The SMILES string of the molecule is Cc1nc2c(SCC(=O)Nc3ccc(C)c(Cl)c3)nnc(-c3ccccc3)c2s1. The van der Waals surface area contributed by atoms with Crippen molar-refractivity contribution in [3.05, 3.63) is 64.1 Å². The lowest BCUT2D eigenvalue weighted by atomic mass is 10.1. The van der Waals surface area contributed by atoms with Gasteiger partial charge in [-0.2, -0.15) is 0 Å². The summed E-state index contributed by atoms with van der Waals surface area (Å²) in [6.45, 7) is 3.88. The Hall–Kier alpha value is -2.48. The highest BCUT2D eigenvalue weighted by Crippen LogP contribution is 2.35. The molecule has 2 aromatic carbocycles. The fourth-order valence-electron chi connectivity index (χ4n) is 2.80. The minimum absolute atomic E-state index is 0.135. The fourth-order valence-corrected chi connectivity index (χ4v) is 4.70. The summed E-state index contributed by atoms with van der Waals surface area (Å²) in [5, 5.41) is 13.9. The van der Waals surface area contributed by atoms with E-state index in [0.29, 0.717) is 15.7 Å². The first-order valence-corrected chi connectivity index (χ1v) is 11.1. The van der Waals surface area contributed by atoms with Crippen LogP contribution in [0.3, 0.4) is 0 Å². The van der Waals surface area contributed by atoms with Crippen molar-refractivity contribution in [2.24, 2.45) is 0 Å². The molecule has 1 N–H and O–H groups in total. The molecule has 0 aliphatic rings. The van der Waals surface area contributed by atoms with Crippen LogP contribution in [0.15, 0.2) is 53.6 Å². The summed E-state index contributed by atoms with van der Waals surface area (Å²) in [5.74, 6) is 0.0697. The highest BCUT2D eigenvalue weighted by molar-refractivity contribution is 8.00. The lowest BCUT2D eigenvalue weighted by Gasteiger charge is -2.07. The Labute approximate surface area is 181 Å². The molecule has 5 nitrogen and oxygen atoms in total. The van der Waals surface area contributed by atoms with E-state index in [2.05, 4.69) is 20.5 Å². The Morgan fingerprint density at radius 2 is 1.93 bits per heavy atom. The van der Waals surface area contributed by atoms with Gasteiger partial charge in [-0.05, 0) is 31.5 Å².